The summed E-state index contributed by atoms with van der Waals surface area (Å²) in [5.74, 6) is 0.457. The normalized spacial score (nSPS) is 14.7. The molecule has 26 heavy (non-hydrogen) atoms. The summed E-state index contributed by atoms with van der Waals surface area (Å²) in [7, 11) is 1.68. The molecule has 2 aromatic rings. The maximum atomic E-state index is 12.9. The second kappa shape index (κ2) is 9.24. The van der Waals surface area contributed by atoms with E-state index in [9.17, 15) is 4.79 Å². The molecule has 0 unspecified atom stereocenters. The molecule has 1 amide bonds. The van der Waals surface area contributed by atoms with Crippen molar-refractivity contribution in [2.45, 2.75) is 38.8 Å². The zero-order valence-corrected chi connectivity index (χ0v) is 16.1. The van der Waals surface area contributed by atoms with Gasteiger partial charge in [-0.05, 0) is 42.7 Å². The number of hydrogen-bond donors (Lipinski definition) is 0. The quantitative estimate of drug-likeness (QED) is 0.688. The summed E-state index contributed by atoms with van der Waals surface area (Å²) < 4.78 is 7.42. The van der Waals surface area contributed by atoms with E-state index < -0.39 is 0 Å². The molecule has 0 radical (unpaired) electrons. The van der Waals surface area contributed by atoms with Gasteiger partial charge in [0.15, 0.2) is 0 Å². The first-order valence-corrected chi connectivity index (χ1v) is 9.71. The van der Waals surface area contributed by atoms with Crippen LogP contribution in [0.3, 0.4) is 0 Å². The van der Waals surface area contributed by atoms with Crippen molar-refractivity contribution in [3.8, 4) is 0 Å². The monoisotopic (exact) mass is 374 g/mol. The standard InChI is InChI=1S/C21H27ClN2O2/c1-26-13-12-24(21(25)18-7-2-3-8-18)16-20-10-5-11-23(20)15-17-6-4-9-19(22)14-17/h4-6,9-11,14,18H,2-3,7-8,12-13,15-16H2,1H3. The van der Waals surface area contributed by atoms with Crippen molar-refractivity contribution in [1.29, 1.82) is 0 Å². The van der Waals surface area contributed by atoms with Crippen LogP contribution in [0.15, 0.2) is 42.6 Å². The number of carbonyl (C=O) groups excluding carboxylic acids is 1. The lowest BCUT2D eigenvalue weighted by molar-refractivity contribution is -0.136. The van der Waals surface area contributed by atoms with Gasteiger partial charge in [0.1, 0.15) is 0 Å². The molecule has 0 atom stereocenters. The summed E-state index contributed by atoms with van der Waals surface area (Å²) in [6.07, 6.45) is 6.43. The van der Waals surface area contributed by atoms with Gasteiger partial charge in [0, 0.05) is 43.0 Å². The van der Waals surface area contributed by atoms with Gasteiger partial charge in [-0.3, -0.25) is 4.79 Å². The molecule has 0 saturated heterocycles. The molecule has 1 aromatic heterocycles. The average molecular weight is 375 g/mol. The van der Waals surface area contributed by atoms with Gasteiger partial charge in [0.25, 0.3) is 0 Å². The van der Waals surface area contributed by atoms with E-state index in [1.54, 1.807) is 7.11 Å². The third-order valence-electron chi connectivity index (χ3n) is 5.10. The zero-order valence-electron chi connectivity index (χ0n) is 15.4. The van der Waals surface area contributed by atoms with E-state index in [1.165, 1.54) is 12.8 Å². The van der Waals surface area contributed by atoms with Gasteiger partial charge in [-0.2, -0.15) is 0 Å². The van der Waals surface area contributed by atoms with Crippen LogP contribution in [0.4, 0.5) is 0 Å². The summed E-state index contributed by atoms with van der Waals surface area (Å²) in [6.45, 7) is 2.56. The number of amides is 1. The third kappa shape index (κ3) is 4.89. The largest absolute Gasteiger partial charge is 0.383 e. The molecule has 1 aromatic carbocycles. The zero-order chi connectivity index (χ0) is 18.4. The highest BCUT2D eigenvalue weighted by molar-refractivity contribution is 6.30. The molecule has 1 saturated carbocycles. The maximum absolute atomic E-state index is 12.9. The molecule has 0 bridgehead atoms. The minimum Gasteiger partial charge on any atom is -0.383 e. The molecule has 1 aliphatic rings. The van der Waals surface area contributed by atoms with E-state index in [-0.39, 0.29) is 11.8 Å². The number of halogens is 1. The van der Waals surface area contributed by atoms with Crippen molar-refractivity contribution < 1.29 is 9.53 Å². The van der Waals surface area contributed by atoms with Crippen LogP contribution in [-0.2, 0) is 22.6 Å². The highest BCUT2D eigenvalue weighted by atomic mass is 35.5. The summed E-state index contributed by atoms with van der Waals surface area (Å²) in [5.41, 5.74) is 2.29. The average Bonchev–Trinajstić information content (AvgIpc) is 3.30. The predicted molar refractivity (Wildman–Crippen MR) is 104 cm³/mol. The van der Waals surface area contributed by atoms with Crippen LogP contribution < -0.4 is 0 Å². The van der Waals surface area contributed by atoms with Crippen molar-refractivity contribution in [3.63, 3.8) is 0 Å². The Bertz CT molecular complexity index is 722. The Hall–Kier alpha value is -1.78. The third-order valence-corrected chi connectivity index (χ3v) is 5.33. The Balaban J connectivity index is 1.72. The van der Waals surface area contributed by atoms with Crippen molar-refractivity contribution in [3.05, 3.63) is 58.9 Å². The Morgan fingerprint density at radius 2 is 2.08 bits per heavy atom. The van der Waals surface area contributed by atoms with Gasteiger partial charge in [-0.25, -0.2) is 0 Å². The summed E-state index contributed by atoms with van der Waals surface area (Å²) in [5, 5.41) is 0.745. The lowest BCUT2D eigenvalue weighted by Gasteiger charge is -2.26. The first-order chi connectivity index (χ1) is 12.7. The number of methoxy groups -OCH3 is 1. The number of rotatable bonds is 8. The second-order valence-corrected chi connectivity index (χ2v) is 7.43. The Kier molecular flexibility index (Phi) is 6.75. The van der Waals surface area contributed by atoms with Gasteiger partial charge in [-0.15, -0.1) is 0 Å². The summed E-state index contributed by atoms with van der Waals surface area (Å²) in [6, 6.07) is 12.0. The Morgan fingerprint density at radius 3 is 2.81 bits per heavy atom. The number of aromatic nitrogens is 1. The fourth-order valence-corrected chi connectivity index (χ4v) is 3.89. The van der Waals surface area contributed by atoms with Gasteiger partial charge >= 0.3 is 0 Å². The van der Waals surface area contributed by atoms with Crippen molar-refractivity contribution in [2.75, 3.05) is 20.3 Å². The van der Waals surface area contributed by atoms with Crippen LogP contribution in [0.2, 0.25) is 5.02 Å². The van der Waals surface area contributed by atoms with Gasteiger partial charge in [0.2, 0.25) is 5.91 Å². The van der Waals surface area contributed by atoms with E-state index in [2.05, 4.69) is 22.9 Å². The Labute approximate surface area is 160 Å². The van der Waals surface area contributed by atoms with Gasteiger partial charge in [-0.1, -0.05) is 36.6 Å². The van der Waals surface area contributed by atoms with Crippen molar-refractivity contribution >= 4 is 17.5 Å². The van der Waals surface area contributed by atoms with Crippen LogP contribution in [-0.4, -0.2) is 35.6 Å². The minimum atomic E-state index is 0.184. The molecule has 1 heterocycles. The van der Waals surface area contributed by atoms with E-state index in [1.807, 2.05) is 29.2 Å². The molecular weight excluding hydrogens is 348 g/mol. The van der Waals surface area contributed by atoms with Crippen LogP contribution in [0.1, 0.15) is 36.9 Å². The van der Waals surface area contributed by atoms with Gasteiger partial charge in [0.05, 0.1) is 13.2 Å². The Morgan fingerprint density at radius 1 is 1.27 bits per heavy atom. The molecule has 5 heteroatoms. The lowest BCUT2D eigenvalue weighted by Crippen LogP contribution is -2.37. The SMILES string of the molecule is COCCN(Cc1cccn1Cc1cccc(Cl)c1)C(=O)C1CCCC1. The highest BCUT2D eigenvalue weighted by Gasteiger charge is 2.27. The van der Waals surface area contributed by atoms with Gasteiger partial charge < -0.3 is 14.2 Å². The molecule has 1 aliphatic carbocycles. The van der Waals surface area contributed by atoms with E-state index in [4.69, 9.17) is 16.3 Å². The van der Waals surface area contributed by atoms with Crippen LogP contribution in [0.5, 0.6) is 0 Å². The molecule has 0 spiro atoms. The molecule has 3 rings (SSSR count). The van der Waals surface area contributed by atoms with Crippen molar-refractivity contribution in [2.24, 2.45) is 5.92 Å². The first kappa shape index (κ1) is 19.0. The number of nitrogens with zero attached hydrogens (tertiary/aromatic N) is 2. The lowest BCUT2D eigenvalue weighted by atomic mass is 10.1. The van der Waals surface area contributed by atoms with E-state index >= 15 is 0 Å². The number of hydrogen-bond acceptors (Lipinski definition) is 2. The van der Waals surface area contributed by atoms with Crippen LogP contribution >= 0.6 is 11.6 Å². The molecule has 0 N–H and O–H groups in total. The van der Waals surface area contributed by atoms with E-state index in [0.29, 0.717) is 19.7 Å². The molecule has 1 fully saturated rings. The predicted octanol–water partition coefficient (Wildman–Crippen LogP) is 4.36. The second-order valence-electron chi connectivity index (χ2n) is 6.99. The summed E-state index contributed by atoms with van der Waals surface area (Å²) >= 11 is 6.10. The topological polar surface area (TPSA) is 34.5 Å². The molecule has 4 nitrogen and oxygen atoms in total. The number of ether oxygens (including phenoxy) is 1. The number of carbonyl (C=O) groups is 1. The smallest absolute Gasteiger partial charge is 0.226 e. The van der Waals surface area contributed by atoms with Crippen LogP contribution in [0.25, 0.3) is 0 Å². The highest BCUT2D eigenvalue weighted by Crippen LogP contribution is 2.27. The van der Waals surface area contributed by atoms with Crippen molar-refractivity contribution in [1.82, 2.24) is 9.47 Å². The molecular formula is C21H27ClN2O2. The maximum Gasteiger partial charge on any atom is 0.226 e. The minimum absolute atomic E-state index is 0.184. The van der Waals surface area contributed by atoms with E-state index in [0.717, 1.165) is 35.7 Å². The fraction of sp³-hybridized carbons (Fsp3) is 0.476. The fourth-order valence-electron chi connectivity index (χ4n) is 3.67. The molecule has 140 valence electrons. The summed E-state index contributed by atoms with van der Waals surface area (Å²) in [4.78, 5) is 14.9. The first-order valence-electron chi connectivity index (χ1n) is 9.33. The van der Waals surface area contributed by atoms with Crippen LogP contribution in [0, 0.1) is 5.92 Å². The molecule has 0 aliphatic heterocycles. The number of benzene rings is 1.